The highest BCUT2D eigenvalue weighted by atomic mass is 32.2. The van der Waals surface area contributed by atoms with Gasteiger partial charge in [-0.1, -0.05) is 68.4 Å². The lowest BCUT2D eigenvalue weighted by Crippen LogP contribution is -2.39. The zero-order chi connectivity index (χ0) is 22.5. The largest absolute Gasteiger partial charge is 0.673 e. The lowest BCUT2D eigenvalue weighted by atomic mass is 10.3. The Kier molecular flexibility index (Phi) is 7.54. The van der Waals surface area contributed by atoms with Crippen LogP contribution in [0.15, 0.2) is 91.0 Å². The van der Waals surface area contributed by atoms with Gasteiger partial charge in [0.05, 0.1) is 0 Å². The van der Waals surface area contributed by atoms with Crippen LogP contribution < -0.4 is 15.9 Å². The van der Waals surface area contributed by atoms with Crippen molar-refractivity contribution in [1.29, 1.82) is 0 Å². The Morgan fingerprint density at radius 3 is 1.19 bits per heavy atom. The van der Waals surface area contributed by atoms with Gasteiger partial charge in [0, 0.05) is 18.1 Å². The molecule has 1 saturated carbocycles. The number of thioether (sulfide) groups is 1. The molecule has 1 aliphatic rings. The van der Waals surface area contributed by atoms with Crippen molar-refractivity contribution in [2.45, 2.75) is 36.4 Å². The maximum Gasteiger partial charge on any atom is 0.673 e. The molecule has 0 radical (unpaired) electrons. The van der Waals surface area contributed by atoms with Crippen molar-refractivity contribution in [3.8, 4) is 0 Å². The molecular formula is C24H26BF4PS. The van der Waals surface area contributed by atoms with Crippen LogP contribution in [0.2, 0.25) is 0 Å². The van der Waals surface area contributed by atoms with Crippen molar-refractivity contribution in [1.82, 2.24) is 0 Å². The average molecular weight is 464 g/mol. The monoisotopic (exact) mass is 464 g/mol. The van der Waals surface area contributed by atoms with Crippen LogP contribution in [0.25, 0.3) is 0 Å². The van der Waals surface area contributed by atoms with E-state index in [4.69, 9.17) is 0 Å². The molecule has 0 N–H and O–H groups in total. The van der Waals surface area contributed by atoms with E-state index in [-0.39, 0.29) is 0 Å². The number of hydrogen-bond donors (Lipinski definition) is 0. The summed E-state index contributed by atoms with van der Waals surface area (Å²) >= 11 is 2.21. The van der Waals surface area contributed by atoms with Crippen molar-refractivity contribution < 1.29 is 17.3 Å². The SMILES string of the molecule is CC(C)SC1([P+](c2ccccc2)(c2ccccc2)c2ccccc2)CC1.F[B-](F)(F)F. The Hall–Kier alpha value is -1.78. The molecule has 0 heterocycles. The smallest absolute Gasteiger partial charge is 0.418 e. The molecule has 0 aromatic heterocycles. The first-order chi connectivity index (χ1) is 14.7. The van der Waals surface area contributed by atoms with Crippen LogP contribution in [-0.2, 0) is 0 Å². The van der Waals surface area contributed by atoms with E-state index in [1.54, 1.807) is 0 Å². The van der Waals surface area contributed by atoms with E-state index < -0.39 is 14.5 Å². The van der Waals surface area contributed by atoms with Crippen LogP contribution in [-0.4, -0.2) is 17.0 Å². The molecule has 0 atom stereocenters. The van der Waals surface area contributed by atoms with Crippen LogP contribution in [0, 0.1) is 0 Å². The highest BCUT2D eigenvalue weighted by molar-refractivity contribution is 8.16. The number of hydrogen-bond acceptors (Lipinski definition) is 1. The molecule has 0 nitrogen and oxygen atoms in total. The lowest BCUT2D eigenvalue weighted by molar-refractivity contribution is 0.368. The topological polar surface area (TPSA) is 0 Å². The minimum atomic E-state index is -6.00. The molecule has 31 heavy (non-hydrogen) atoms. The third kappa shape index (κ3) is 5.53. The summed E-state index contributed by atoms with van der Waals surface area (Å²) in [5, 5.41) is 5.18. The van der Waals surface area contributed by atoms with Gasteiger partial charge in [-0.2, -0.15) is 0 Å². The van der Waals surface area contributed by atoms with Crippen LogP contribution in [0.5, 0.6) is 0 Å². The van der Waals surface area contributed by atoms with Gasteiger partial charge >= 0.3 is 7.25 Å². The van der Waals surface area contributed by atoms with E-state index in [9.17, 15) is 17.3 Å². The second-order valence-electron chi connectivity index (χ2n) is 7.79. The van der Waals surface area contributed by atoms with Gasteiger partial charge in [0.2, 0.25) is 0 Å². The highest BCUT2D eigenvalue weighted by Gasteiger charge is 2.70. The zero-order valence-electron chi connectivity index (χ0n) is 17.6. The predicted molar refractivity (Wildman–Crippen MR) is 130 cm³/mol. The van der Waals surface area contributed by atoms with E-state index in [2.05, 4.69) is 117 Å². The summed E-state index contributed by atoms with van der Waals surface area (Å²) in [5.41, 5.74) is 0. The molecule has 3 aromatic rings. The molecule has 0 aliphatic heterocycles. The Bertz CT molecular complexity index is 843. The van der Waals surface area contributed by atoms with E-state index in [0.717, 1.165) is 0 Å². The molecule has 0 unspecified atom stereocenters. The van der Waals surface area contributed by atoms with Crippen LogP contribution in [0.4, 0.5) is 17.3 Å². The first kappa shape index (κ1) is 23.9. The number of halogens is 4. The Labute approximate surface area is 186 Å². The number of benzene rings is 3. The fraction of sp³-hybridized carbons (Fsp3) is 0.250. The molecule has 0 amide bonds. The third-order valence-corrected chi connectivity index (χ3v) is 12.5. The summed E-state index contributed by atoms with van der Waals surface area (Å²) in [4.78, 5) is 0. The molecule has 0 bridgehead atoms. The summed E-state index contributed by atoms with van der Waals surface area (Å²) in [7, 11) is -7.74. The van der Waals surface area contributed by atoms with Crippen LogP contribution in [0.1, 0.15) is 26.7 Å². The minimum absolute atomic E-state index is 0.325. The summed E-state index contributed by atoms with van der Waals surface area (Å²) in [5.74, 6) is 0. The Morgan fingerprint density at radius 1 is 0.677 bits per heavy atom. The second-order valence-corrected chi connectivity index (χ2v) is 13.8. The molecule has 164 valence electrons. The third-order valence-electron chi connectivity index (χ3n) is 5.17. The van der Waals surface area contributed by atoms with E-state index in [0.29, 0.717) is 9.74 Å². The van der Waals surface area contributed by atoms with Crippen molar-refractivity contribution >= 4 is 42.2 Å². The van der Waals surface area contributed by atoms with Crippen molar-refractivity contribution in [2.24, 2.45) is 0 Å². The van der Waals surface area contributed by atoms with E-state index in [1.165, 1.54) is 28.8 Å². The van der Waals surface area contributed by atoms with Crippen LogP contribution in [0.3, 0.4) is 0 Å². The van der Waals surface area contributed by atoms with Crippen LogP contribution >= 0.6 is 19.0 Å². The van der Waals surface area contributed by atoms with Crippen molar-refractivity contribution in [2.75, 3.05) is 0 Å². The van der Waals surface area contributed by atoms with Gasteiger partial charge in [-0.15, -0.1) is 11.8 Å². The molecule has 3 aromatic carbocycles. The fourth-order valence-corrected chi connectivity index (χ4v) is 12.6. The van der Waals surface area contributed by atoms with Gasteiger partial charge in [-0.25, -0.2) is 0 Å². The second kappa shape index (κ2) is 9.79. The first-order valence-corrected chi connectivity index (χ1v) is 13.0. The molecule has 1 aliphatic carbocycles. The van der Waals surface area contributed by atoms with Gasteiger partial charge in [-0.3, -0.25) is 0 Å². The highest BCUT2D eigenvalue weighted by Crippen LogP contribution is 2.80. The van der Waals surface area contributed by atoms with Gasteiger partial charge in [-0.05, 0) is 36.4 Å². The van der Waals surface area contributed by atoms with Crippen molar-refractivity contribution in [3.05, 3.63) is 91.0 Å². The summed E-state index contributed by atoms with van der Waals surface area (Å²) in [6.45, 7) is 4.70. The fourth-order valence-electron chi connectivity index (χ4n) is 4.19. The summed E-state index contributed by atoms with van der Waals surface area (Å²) < 4.78 is 39.3. The molecule has 1 fully saturated rings. The Balaban J connectivity index is 0.000000491. The molecule has 0 spiro atoms. The van der Waals surface area contributed by atoms with E-state index in [1.807, 2.05) is 0 Å². The minimum Gasteiger partial charge on any atom is -0.418 e. The quantitative estimate of drug-likeness (QED) is 0.217. The average Bonchev–Trinajstić information content (AvgIpc) is 3.49. The Morgan fingerprint density at radius 2 is 0.968 bits per heavy atom. The molecule has 7 heteroatoms. The van der Waals surface area contributed by atoms with Gasteiger partial charge < -0.3 is 17.3 Å². The molecule has 0 saturated heterocycles. The lowest BCUT2D eigenvalue weighted by Gasteiger charge is -2.35. The summed E-state index contributed by atoms with van der Waals surface area (Å²) in [6.07, 6.45) is 2.62. The maximum absolute atomic E-state index is 9.75. The maximum atomic E-state index is 9.75. The van der Waals surface area contributed by atoms with Gasteiger partial charge in [0.15, 0.2) is 0 Å². The zero-order valence-corrected chi connectivity index (χ0v) is 19.3. The normalized spacial score (nSPS) is 15.2. The standard InChI is InChI=1S/C24H26PS.BF4/c1-20(2)26-24(18-19-24)25(21-12-6-3-7-13-21,22-14-8-4-9-15-22)23-16-10-5-11-17-23;2-1(3,4)5/h3-17,20H,18-19H2,1-2H3;/q+1;-1. The van der Waals surface area contributed by atoms with Gasteiger partial charge in [0.1, 0.15) is 27.7 Å². The molecule has 4 rings (SSSR count). The first-order valence-electron chi connectivity index (χ1n) is 10.3. The van der Waals surface area contributed by atoms with Crippen molar-refractivity contribution in [3.63, 3.8) is 0 Å². The molecular weight excluding hydrogens is 438 g/mol. The summed E-state index contributed by atoms with van der Waals surface area (Å²) in [6, 6.07) is 33.9. The van der Waals surface area contributed by atoms with Gasteiger partial charge in [0.25, 0.3) is 0 Å². The number of rotatable bonds is 6. The predicted octanol–water partition coefficient (Wildman–Crippen LogP) is 6.91. The van der Waals surface area contributed by atoms with E-state index >= 15 is 0 Å².